The topological polar surface area (TPSA) is 0 Å². The molecule has 0 N–H and O–H groups in total. The first-order valence-corrected chi connectivity index (χ1v) is 13.1. The Morgan fingerprint density at radius 1 is 0.645 bits per heavy atom. The largest absolute Gasteiger partial charge is 0.206 e. The molecule has 0 unspecified atom stereocenters. The van der Waals surface area contributed by atoms with Crippen LogP contribution in [-0.2, 0) is 0 Å². The van der Waals surface area contributed by atoms with E-state index in [4.69, 9.17) is 0 Å². The second-order valence-electron chi connectivity index (χ2n) is 10.4. The van der Waals surface area contributed by atoms with Crippen LogP contribution < -0.4 is 0 Å². The highest BCUT2D eigenvalue weighted by molar-refractivity contribution is 5.65. The van der Waals surface area contributed by atoms with Gasteiger partial charge in [-0.15, -0.1) is 0 Å². The van der Waals surface area contributed by atoms with Crippen LogP contribution in [0.15, 0.2) is 42.5 Å². The van der Waals surface area contributed by atoms with Gasteiger partial charge in [0.05, 0.1) is 0 Å². The summed E-state index contributed by atoms with van der Waals surface area (Å²) in [5, 5.41) is 0. The summed E-state index contributed by atoms with van der Waals surface area (Å²) in [4.78, 5) is 0. The van der Waals surface area contributed by atoms with Crippen LogP contribution in [0, 0.1) is 17.7 Å². The first-order chi connectivity index (χ1) is 15.2. The van der Waals surface area contributed by atoms with Gasteiger partial charge in [0.25, 0.3) is 0 Å². The Balaban J connectivity index is 1.39. The standard InChI is InChI=1S/C30H41F/c1-3-5-22-7-11-24(12-8-22)25-15-17-27(18-16-25)29-20-19-28(21-30(29)31)26-13-9-23(6-4-2)10-14-26/h15-24,26H,3-14H2,1-2H3. The molecule has 0 atom stereocenters. The fourth-order valence-corrected chi connectivity index (χ4v) is 6.34. The van der Waals surface area contributed by atoms with Gasteiger partial charge in [-0.3, -0.25) is 0 Å². The minimum atomic E-state index is -0.0546. The summed E-state index contributed by atoms with van der Waals surface area (Å²) in [6.45, 7) is 4.58. The molecular weight excluding hydrogens is 379 g/mol. The fourth-order valence-electron chi connectivity index (χ4n) is 6.34. The zero-order chi connectivity index (χ0) is 21.6. The van der Waals surface area contributed by atoms with Crippen molar-refractivity contribution in [3.05, 3.63) is 59.4 Å². The molecule has 2 aromatic carbocycles. The Kier molecular flexibility index (Phi) is 7.86. The molecule has 31 heavy (non-hydrogen) atoms. The molecule has 2 saturated carbocycles. The van der Waals surface area contributed by atoms with E-state index in [1.165, 1.54) is 88.2 Å². The summed E-state index contributed by atoms with van der Waals surface area (Å²) in [5.41, 5.74) is 4.41. The molecule has 0 nitrogen and oxygen atoms in total. The van der Waals surface area contributed by atoms with Gasteiger partial charge in [-0.2, -0.15) is 0 Å². The SMILES string of the molecule is CCCC1CCC(c2ccc(-c3ccc(C4CCC(CCC)CC4)cc3F)cc2)CC1. The molecule has 0 spiro atoms. The van der Waals surface area contributed by atoms with Crippen LogP contribution in [0.1, 0.15) is 114 Å². The maximum absolute atomic E-state index is 15.1. The van der Waals surface area contributed by atoms with Gasteiger partial charge in [-0.1, -0.05) is 75.9 Å². The van der Waals surface area contributed by atoms with Crippen molar-refractivity contribution in [1.82, 2.24) is 0 Å². The second kappa shape index (κ2) is 10.8. The van der Waals surface area contributed by atoms with Crippen molar-refractivity contribution in [3.8, 4) is 11.1 Å². The zero-order valence-corrected chi connectivity index (χ0v) is 19.7. The summed E-state index contributed by atoms with van der Waals surface area (Å²) >= 11 is 0. The average molecular weight is 421 g/mol. The summed E-state index contributed by atoms with van der Waals surface area (Å²) in [6, 6.07) is 14.8. The van der Waals surface area contributed by atoms with Crippen molar-refractivity contribution in [2.24, 2.45) is 11.8 Å². The highest BCUT2D eigenvalue weighted by Gasteiger charge is 2.23. The van der Waals surface area contributed by atoms with E-state index in [1.807, 2.05) is 12.1 Å². The molecule has 2 aromatic rings. The molecule has 1 heteroatoms. The molecule has 0 aliphatic heterocycles. The molecule has 0 heterocycles. The van der Waals surface area contributed by atoms with Crippen LogP contribution >= 0.6 is 0 Å². The van der Waals surface area contributed by atoms with Crippen LogP contribution in [0.4, 0.5) is 4.39 Å². The van der Waals surface area contributed by atoms with E-state index in [0.717, 1.165) is 23.0 Å². The smallest absolute Gasteiger partial charge is 0.131 e. The first kappa shape index (κ1) is 22.6. The lowest BCUT2D eigenvalue weighted by Gasteiger charge is -2.29. The van der Waals surface area contributed by atoms with Crippen LogP contribution in [-0.4, -0.2) is 0 Å². The molecular formula is C30H41F. The lowest BCUT2D eigenvalue weighted by Crippen LogP contribution is -2.13. The Bertz CT molecular complexity index is 805. The fraction of sp³-hybridized carbons (Fsp3) is 0.600. The molecule has 0 radical (unpaired) electrons. The second-order valence-corrected chi connectivity index (χ2v) is 10.4. The summed E-state index contributed by atoms with van der Waals surface area (Å²) < 4.78 is 15.1. The lowest BCUT2D eigenvalue weighted by atomic mass is 9.77. The Morgan fingerprint density at radius 3 is 1.61 bits per heavy atom. The third-order valence-electron chi connectivity index (χ3n) is 8.24. The number of benzene rings is 2. The molecule has 168 valence electrons. The van der Waals surface area contributed by atoms with Gasteiger partial charge in [0.1, 0.15) is 5.82 Å². The minimum Gasteiger partial charge on any atom is -0.206 e. The lowest BCUT2D eigenvalue weighted by molar-refractivity contribution is 0.308. The van der Waals surface area contributed by atoms with E-state index in [1.54, 1.807) is 0 Å². The maximum atomic E-state index is 15.1. The molecule has 2 aliphatic rings. The van der Waals surface area contributed by atoms with E-state index in [0.29, 0.717) is 11.8 Å². The van der Waals surface area contributed by atoms with Crippen molar-refractivity contribution < 1.29 is 4.39 Å². The Morgan fingerprint density at radius 2 is 1.13 bits per heavy atom. The molecule has 0 saturated heterocycles. The van der Waals surface area contributed by atoms with Gasteiger partial charge in [-0.05, 0) is 97.8 Å². The van der Waals surface area contributed by atoms with Crippen LogP contribution in [0.2, 0.25) is 0 Å². The van der Waals surface area contributed by atoms with Gasteiger partial charge < -0.3 is 0 Å². The first-order valence-electron chi connectivity index (χ1n) is 13.1. The number of rotatable bonds is 7. The third kappa shape index (κ3) is 5.60. The molecule has 4 rings (SSSR count). The van der Waals surface area contributed by atoms with Crippen molar-refractivity contribution >= 4 is 0 Å². The maximum Gasteiger partial charge on any atom is 0.131 e. The van der Waals surface area contributed by atoms with E-state index in [2.05, 4.69) is 44.2 Å². The summed E-state index contributed by atoms with van der Waals surface area (Å²) in [7, 11) is 0. The zero-order valence-electron chi connectivity index (χ0n) is 19.7. The van der Waals surface area contributed by atoms with Crippen LogP contribution in [0.3, 0.4) is 0 Å². The summed E-state index contributed by atoms with van der Waals surface area (Å²) in [5.74, 6) is 3.01. The van der Waals surface area contributed by atoms with Gasteiger partial charge in [-0.25, -0.2) is 4.39 Å². The van der Waals surface area contributed by atoms with Crippen molar-refractivity contribution in [3.63, 3.8) is 0 Å². The molecule has 0 bridgehead atoms. The molecule has 2 aliphatic carbocycles. The minimum absolute atomic E-state index is 0.0546. The van der Waals surface area contributed by atoms with Gasteiger partial charge in [0.15, 0.2) is 0 Å². The monoisotopic (exact) mass is 420 g/mol. The predicted octanol–water partition coefficient (Wildman–Crippen LogP) is 9.64. The van der Waals surface area contributed by atoms with Gasteiger partial charge in [0, 0.05) is 5.56 Å². The van der Waals surface area contributed by atoms with Crippen molar-refractivity contribution in [2.75, 3.05) is 0 Å². The Labute approximate surface area is 189 Å². The highest BCUT2D eigenvalue weighted by Crippen LogP contribution is 2.40. The molecule has 0 aromatic heterocycles. The van der Waals surface area contributed by atoms with Crippen molar-refractivity contribution in [2.45, 2.75) is 103 Å². The van der Waals surface area contributed by atoms with Gasteiger partial charge in [0.2, 0.25) is 0 Å². The van der Waals surface area contributed by atoms with E-state index < -0.39 is 0 Å². The quantitative estimate of drug-likeness (QED) is 0.418. The van der Waals surface area contributed by atoms with Crippen LogP contribution in [0.5, 0.6) is 0 Å². The normalized spacial score (nSPS) is 26.7. The predicted molar refractivity (Wildman–Crippen MR) is 131 cm³/mol. The number of hydrogen-bond acceptors (Lipinski definition) is 0. The Hall–Kier alpha value is -1.63. The average Bonchev–Trinajstić information content (AvgIpc) is 2.81. The number of halogens is 1. The van der Waals surface area contributed by atoms with Crippen LogP contribution in [0.25, 0.3) is 11.1 Å². The van der Waals surface area contributed by atoms with E-state index >= 15 is 4.39 Å². The van der Waals surface area contributed by atoms with E-state index in [-0.39, 0.29) is 5.82 Å². The van der Waals surface area contributed by atoms with E-state index in [9.17, 15) is 0 Å². The third-order valence-corrected chi connectivity index (χ3v) is 8.24. The molecule has 0 amide bonds. The van der Waals surface area contributed by atoms with Crippen molar-refractivity contribution in [1.29, 1.82) is 0 Å². The number of hydrogen-bond donors (Lipinski definition) is 0. The summed E-state index contributed by atoms with van der Waals surface area (Å²) in [6.07, 6.45) is 15.8. The molecule has 2 fully saturated rings. The highest BCUT2D eigenvalue weighted by atomic mass is 19.1. The van der Waals surface area contributed by atoms with Gasteiger partial charge >= 0.3 is 0 Å².